The van der Waals surface area contributed by atoms with Crippen molar-refractivity contribution in [2.24, 2.45) is 0 Å². The molecule has 94 valence electrons. The molecule has 0 saturated heterocycles. The maximum absolute atomic E-state index is 9.49. The Balaban J connectivity index is 2.08. The molecule has 2 aromatic rings. The van der Waals surface area contributed by atoms with Crippen LogP contribution in [0.15, 0.2) is 36.4 Å². The molecule has 0 amide bonds. The van der Waals surface area contributed by atoms with Crippen molar-refractivity contribution in [3.63, 3.8) is 0 Å². The van der Waals surface area contributed by atoms with Gasteiger partial charge in [0.15, 0.2) is 0 Å². The third-order valence-electron chi connectivity index (χ3n) is 3.01. The summed E-state index contributed by atoms with van der Waals surface area (Å²) in [4.78, 5) is 0. The van der Waals surface area contributed by atoms with Crippen LogP contribution in [0.25, 0.3) is 0 Å². The summed E-state index contributed by atoms with van der Waals surface area (Å²) < 4.78 is 5.69. The Hall–Kier alpha value is -1.96. The first-order chi connectivity index (χ1) is 8.54. The molecule has 2 nitrogen and oxygen atoms in total. The molecule has 0 aliphatic rings. The highest BCUT2D eigenvalue weighted by molar-refractivity contribution is 5.37. The van der Waals surface area contributed by atoms with Crippen molar-refractivity contribution in [2.75, 3.05) is 0 Å². The van der Waals surface area contributed by atoms with Crippen molar-refractivity contribution in [3.05, 3.63) is 58.7 Å². The van der Waals surface area contributed by atoms with Gasteiger partial charge in [0.25, 0.3) is 0 Å². The summed E-state index contributed by atoms with van der Waals surface area (Å²) >= 11 is 0. The summed E-state index contributed by atoms with van der Waals surface area (Å²) in [6.07, 6.45) is 0. The number of rotatable bonds is 3. The quantitative estimate of drug-likeness (QED) is 0.884. The van der Waals surface area contributed by atoms with Crippen molar-refractivity contribution in [3.8, 4) is 11.5 Å². The topological polar surface area (TPSA) is 29.5 Å². The largest absolute Gasteiger partial charge is 0.508 e. The van der Waals surface area contributed by atoms with Gasteiger partial charge in [0.05, 0.1) is 0 Å². The van der Waals surface area contributed by atoms with Crippen LogP contribution in [-0.4, -0.2) is 5.11 Å². The van der Waals surface area contributed by atoms with E-state index >= 15 is 0 Å². The van der Waals surface area contributed by atoms with E-state index in [-0.39, 0.29) is 5.75 Å². The third kappa shape index (κ3) is 3.04. The zero-order chi connectivity index (χ0) is 13.1. The molecule has 0 aromatic heterocycles. The fraction of sp³-hybridized carbons (Fsp3) is 0.250. The number of benzene rings is 2. The van der Waals surface area contributed by atoms with Crippen molar-refractivity contribution >= 4 is 0 Å². The second kappa shape index (κ2) is 5.13. The van der Waals surface area contributed by atoms with Crippen LogP contribution in [0.1, 0.15) is 22.3 Å². The Bertz CT molecular complexity index is 539. The Morgan fingerprint density at radius 1 is 0.944 bits per heavy atom. The molecule has 0 unspecified atom stereocenters. The second-order valence-corrected chi connectivity index (χ2v) is 4.71. The van der Waals surface area contributed by atoms with Gasteiger partial charge >= 0.3 is 0 Å². The maximum Gasteiger partial charge on any atom is 0.123 e. The number of aryl methyl sites for hydroxylation is 3. The highest BCUT2D eigenvalue weighted by Crippen LogP contribution is 2.22. The molecule has 1 N–H and O–H groups in total. The zero-order valence-electron chi connectivity index (χ0n) is 11.0. The highest BCUT2D eigenvalue weighted by Gasteiger charge is 2.01. The van der Waals surface area contributed by atoms with E-state index in [4.69, 9.17) is 4.74 Å². The molecular weight excluding hydrogens is 224 g/mol. The summed E-state index contributed by atoms with van der Waals surface area (Å²) in [6, 6.07) is 11.6. The lowest BCUT2D eigenvalue weighted by Gasteiger charge is -2.09. The highest BCUT2D eigenvalue weighted by atomic mass is 16.5. The van der Waals surface area contributed by atoms with E-state index in [1.807, 2.05) is 13.0 Å². The van der Waals surface area contributed by atoms with Gasteiger partial charge in [0.2, 0.25) is 0 Å². The summed E-state index contributed by atoms with van der Waals surface area (Å²) in [5.74, 6) is 0.941. The number of ether oxygens (including phenoxy) is 1. The summed E-state index contributed by atoms with van der Waals surface area (Å²) in [7, 11) is 0. The van der Waals surface area contributed by atoms with Crippen LogP contribution in [-0.2, 0) is 6.61 Å². The van der Waals surface area contributed by atoms with Crippen LogP contribution in [0.4, 0.5) is 0 Å². The zero-order valence-corrected chi connectivity index (χ0v) is 11.0. The third-order valence-corrected chi connectivity index (χ3v) is 3.01. The van der Waals surface area contributed by atoms with Crippen LogP contribution in [0.2, 0.25) is 0 Å². The molecule has 0 saturated carbocycles. The molecule has 0 bridgehead atoms. The first-order valence-corrected chi connectivity index (χ1v) is 6.04. The molecule has 0 radical (unpaired) electrons. The minimum absolute atomic E-state index is 0.241. The number of phenols is 1. The first kappa shape index (κ1) is 12.5. The van der Waals surface area contributed by atoms with Crippen LogP contribution < -0.4 is 4.74 Å². The predicted molar refractivity (Wildman–Crippen MR) is 73.1 cm³/mol. The molecule has 0 aliphatic heterocycles. The molecular formula is C16H18O2. The summed E-state index contributed by atoms with van der Waals surface area (Å²) in [5, 5.41) is 9.49. The molecule has 2 rings (SSSR count). The molecule has 2 heteroatoms. The molecule has 0 fully saturated rings. The number of phenolic OH excluding ortho intramolecular Hbond substituents is 1. The van der Waals surface area contributed by atoms with E-state index in [0.717, 1.165) is 11.1 Å². The normalized spacial score (nSPS) is 10.4. The lowest BCUT2D eigenvalue weighted by atomic mass is 10.1. The fourth-order valence-corrected chi connectivity index (χ4v) is 1.87. The van der Waals surface area contributed by atoms with Crippen molar-refractivity contribution < 1.29 is 9.84 Å². The smallest absolute Gasteiger partial charge is 0.123 e. The van der Waals surface area contributed by atoms with Gasteiger partial charge in [-0.15, -0.1) is 0 Å². The Morgan fingerprint density at radius 2 is 1.72 bits per heavy atom. The maximum atomic E-state index is 9.49. The van der Waals surface area contributed by atoms with Gasteiger partial charge in [0, 0.05) is 6.07 Å². The minimum Gasteiger partial charge on any atom is -0.508 e. The molecule has 0 heterocycles. The lowest BCUT2D eigenvalue weighted by molar-refractivity contribution is 0.304. The molecule has 18 heavy (non-hydrogen) atoms. The summed E-state index contributed by atoms with van der Waals surface area (Å²) in [5.41, 5.74) is 4.68. The monoisotopic (exact) mass is 242 g/mol. The van der Waals surface area contributed by atoms with Crippen LogP contribution >= 0.6 is 0 Å². The van der Waals surface area contributed by atoms with Gasteiger partial charge in [-0.25, -0.2) is 0 Å². The average molecular weight is 242 g/mol. The summed E-state index contributed by atoms with van der Waals surface area (Å²) in [6.45, 7) is 6.64. The van der Waals surface area contributed by atoms with Gasteiger partial charge in [0.1, 0.15) is 18.1 Å². The minimum atomic E-state index is 0.241. The van der Waals surface area contributed by atoms with E-state index in [9.17, 15) is 5.11 Å². The number of aromatic hydroxyl groups is 1. The van der Waals surface area contributed by atoms with Gasteiger partial charge in [-0.3, -0.25) is 0 Å². The van der Waals surface area contributed by atoms with Crippen LogP contribution in [0.3, 0.4) is 0 Å². The van der Waals surface area contributed by atoms with Crippen molar-refractivity contribution in [1.82, 2.24) is 0 Å². The Morgan fingerprint density at radius 3 is 2.39 bits per heavy atom. The number of hydrogen-bond donors (Lipinski definition) is 1. The van der Waals surface area contributed by atoms with Crippen molar-refractivity contribution in [1.29, 1.82) is 0 Å². The van der Waals surface area contributed by atoms with E-state index < -0.39 is 0 Å². The van der Waals surface area contributed by atoms with Crippen molar-refractivity contribution in [2.45, 2.75) is 27.4 Å². The molecule has 2 aromatic carbocycles. The Kier molecular flexibility index (Phi) is 3.56. The van der Waals surface area contributed by atoms with Crippen LogP contribution in [0, 0.1) is 20.8 Å². The van der Waals surface area contributed by atoms with Gasteiger partial charge in [-0.05, 0) is 55.2 Å². The van der Waals surface area contributed by atoms with E-state index in [1.165, 1.54) is 11.1 Å². The molecule has 0 aliphatic carbocycles. The fourth-order valence-electron chi connectivity index (χ4n) is 1.87. The van der Waals surface area contributed by atoms with E-state index in [1.54, 1.807) is 12.1 Å². The van der Waals surface area contributed by atoms with Gasteiger partial charge < -0.3 is 9.84 Å². The van der Waals surface area contributed by atoms with E-state index in [2.05, 4.69) is 32.0 Å². The van der Waals surface area contributed by atoms with E-state index in [0.29, 0.717) is 12.4 Å². The van der Waals surface area contributed by atoms with Gasteiger partial charge in [-0.1, -0.05) is 18.2 Å². The predicted octanol–water partition coefficient (Wildman–Crippen LogP) is 3.90. The first-order valence-electron chi connectivity index (χ1n) is 6.04. The van der Waals surface area contributed by atoms with Crippen LogP contribution in [0.5, 0.6) is 11.5 Å². The SMILES string of the molecule is Cc1cc(O)cc(OCc2ccc(C)c(C)c2)c1. The van der Waals surface area contributed by atoms with Gasteiger partial charge in [-0.2, -0.15) is 0 Å². The number of hydrogen-bond acceptors (Lipinski definition) is 2. The standard InChI is InChI=1S/C16H18O2/c1-11-6-15(17)9-16(7-11)18-10-14-5-4-12(2)13(3)8-14/h4-9,17H,10H2,1-3H3. The molecule has 0 spiro atoms. The molecule has 0 atom stereocenters. The lowest BCUT2D eigenvalue weighted by Crippen LogP contribution is -1.96. The Labute approximate surface area is 108 Å². The second-order valence-electron chi connectivity index (χ2n) is 4.71. The average Bonchev–Trinajstić information content (AvgIpc) is 2.29.